The largest absolute Gasteiger partial charge is 0.497 e. The van der Waals surface area contributed by atoms with Gasteiger partial charge in [-0.05, 0) is 54.1 Å². The molecule has 8 heteroatoms. The summed E-state index contributed by atoms with van der Waals surface area (Å²) in [7, 11) is 1.50. The van der Waals surface area contributed by atoms with Crippen molar-refractivity contribution in [1.82, 2.24) is 4.90 Å². The Kier molecular flexibility index (Phi) is 6.17. The zero-order valence-corrected chi connectivity index (χ0v) is 17.7. The minimum atomic E-state index is -1.14. The van der Waals surface area contributed by atoms with Gasteiger partial charge in [0.2, 0.25) is 5.91 Å². The number of imide groups is 1. The van der Waals surface area contributed by atoms with E-state index in [2.05, 4.69) is 0 Å². The van der Waals surface area contributed by atoms with Crippen LogP contribution >= 0.6 is 0 Å². The molecule has 3 aromatic carbocycles. The van der Waals surface area contributed by atoms with Gasteiger partial charge < -0.3 is 9.64 Å². The fourth-order valence-corrected chi connectivity index (χ4v) is 3.76. The van der Waals surface area contributed by atoms with E-state index in [1.807, 2.05) is 0 Å². The maximum atomic E-state index is 14.4. The molecule has 1 fully saturated rings. The molecule has 6 nitrogen and oxygen atoms in total. The number of amides is 3. The maximum Gasteiger partial charge on any atom is 0.257 e. The van der Waals surface area contributed by atoms with Gasteiger partial charge in [-0.3, -0.25) is 14.4 Å². The van der Waals surface area contributed by atoms with Crippen LogP contribution in [-0.4, -0.2) is 35.8 Å². The highest BCUT2D eigenvalue weighted by atomic mass is 19.1. The molecule has 168 valence electrons. The lowest BCUT2D eigenvalue weighted by atomic mass is 10.1. The van der Waals surface area contributed by atoms with E-state index in [0.29, 0.717) is 17.0 Å². The SMILES string of the molecule is COc1ccc(N2C(=O)CC(N(Cc3ccc(F)cc3)C(=O)c3ccccc3F)C2=O)cc1. The van der Waals surface area contributed by atoms with Crippen LogP contribution in [0.3, 0.4) is 0 Å². The van der Waals surface area contributed by atoms with Crippen LogP contribution < -0.4 is 9.64 Å². The van der Waals surface area contributed by atoms with E-state index in [4.69, 9.17) is 4.74 Å². The van der Waals surface area contributed by atoms with Gasteiger partial charge in [0.15, 0.2) is 0 Å². The Labute approximate surface area is 189 Å². The third kappa shape index (κ3) is 4.45. The number of halogens is 2. The summed E-state index contributed by atoms with van der Waals surface area (Å²) in [5.74, 6) is -2.46. The number of hydrogen-bond donors (Lipinski definition) is 0. The first-order valence-corrected chi connectivity index (χ1v) is 10.2. The zero-order chi connectivity index (χ0) is 23.5. The molecule has 1 aliphatic heterocycles. The standard InChI is InChI=1S/C25H20F2N2O4/c1-33-19-12-10-18(11-13-19)29-23(30)14-22(25(29)32)28(15-16-6-8-17(26)9-7-16)24(31)20-4-2-3-5-21(20)27/h2-13,22H,14-15H2,1H3. The summed E-state index contributed by atoms with van der Waals surface area (Å²) < 4.78 is 32.9. The minimum Gasteiger partial charge on any atom is -0.497 e. The first-order valence-electron chi connectivity index (χ1n) is 10.2. The minimum absolute atomic E-state index is 0.104. The molecule has 0 aromatic heterocycles. The van der Waals surface area contributed by atoms with Crippen LogP contribution in [0.4, 0.5) is 14.5 Å². The molecule has 4 rings (SSSR count). The average molecular weight is 450 g/mol. The van der Waals surface area contributed by atoms with Gasteiger partial charge in [0.25, 0.3) is 11.8 Å². The highest BCUT2D eigenvalue weighted by Crippen LogP contribution is 2.29. The van der Waals surface area contributed by atoms with Crippen molar-refractivity contribution in [2.24, 2.45) is 0 Å². The Morgan fingerprint density at radius 2 is 1.67 bits per heavy atom. The Bertz CT molecular complexity index is 1200. The number of methoxy groups -OCH3 is 1. The number of carbonyl (C=O) groups is 3. The summed E-state index contributed by atoms with van der Waals surface area (Å²) in [5.41, 5.74) is 0.653. The van der Waals surface area contributed by atoms with E-state index in [0.717, 1.165) is 15.9 Å². The van der Waals surface area contributed by atoms with Gasteiger partial charge in [0.05, 0.1) is 24.8 Å². The molecule has 0 N–H and O–H groups in total. The Morgan fingerprint density at radius 1 is 1.00 bits per heavy atom. The lowest BCUT2D eigenvalue weighted by Crippen LogP contribution is -2.45. The molecular formula is C25H20F2N2O4. The highest BCUT2D eigenvalue weighted by Gasteiger charge is 2.44. The van der Waals surface area contributed by atoms with Crippen molar-refractivity contribution >= 4 is 23.4 Å². The molecule has 1 unspecified atom stereocenters. The number of ether oxygens (including phenoxy) is 1. The first-order chi connectivity index (χ1) is 15.9. The van der Waals surface area contributed by atoms with Crippen LogP contribution in [0.1, 0.15) is 22.3 Å². The number of anilines is 1. The molecule has 0 bridgehead atoms. The van der Waals surface area contributed by atoms with Crippen LogP contribution in [0.15, 0.2) is 72.8 Å². The van der Waals surface area contributed by atoms with Crippen molar-refractivity contribution < 1.29 is 27.9 Å². The summed E-state index contributed by atoms with van der Waals surface area (Å²) in [4.78, 5) is 41.6. The number of rotatable bonds is 6. The van der Waals surface area contributed by atoms with E-state index < -0.39 is 35.4 Å². The van der Waals surface area contributed by atoms with Crippen molar-refractivity contribution in [3.05, 3.63) is 95.6 Å². The average Bonchev–Trinajstić information content (AvgIpc) is 3.12. The van der Waals surface area contributed by atoms with Gasteiger partial charge >= 0.3 is 0 Å². The van der Waals surface area contributed by atoms with E-state index in [1.165, 1.54) is 49.6 Å². The second kappa shape index (κ2) is 9.20. The quantitative estimate of drug-likeness (QED) is 0.534. The molecule has 33 heavy (non-hydrogen) atoms. The van der Waals surface area contributed by atoms with Gasteiger partial charge in [-0.25, -0.2) is 13.7 Å². The molecule has 1 atom stereocenters. The summed E-state index contributed by atoms with van der Waals surface area (Å²) in [6, 6.07) is 16.1. The third-order valence-electron chi connectivity index (χ3n) is 5.46. The highest BCUT2D eigenvalue weighted by molar-refractivity contribution is 6.23. The topological polar surface area (TPSA) is 66.9 Å². The second-order valence-electron chi connectivity index (χ2n) is 7.52. The Morgan fingerprint density at radius 3 is 2.30 bits per heavy atom. The lowest BCUT2D eigenvalue weighted by molar-refractivity contribution is -0.122. The van der Waals surface area contributed by atoms with E-state index in [-0.39, 0.29) is 18.5 Å². The van der Waals surface area contributed by atoms with Crippen LogP contribution in [0.25, 0.3) is 0 Å². The molecule has 0 spiro atoms. The van der Waals surface area contributed by atoms with Gasteiger partial charge in [-0.1, -0.05) is 24.3 Å². The molecular weight excluding hydrogens is 430 g/mol. The number of carbonyl (C=O) groups excluding carboxylic acids is 3. The smallest absolute Gasteiger partial charge is 0.257 e. The molecule has 1 aliphatic rings. The number of benzene rings is 3. The zero-order valence-electron chi connectivity index (χ0n) is 17.7. The van der Waals surface area contributed by atoms with Gasteiger partial charge in [-0.2, -0.15) is 0 Å². The van der Waals surface area contributed by atoms with E-state index in [9.17, 15) is 23.2 Å². The predicted octanol–water partition coefficient (Wildman–Crippen LogP) is 3.95. The fourth-order valence-electron chi connectivity index (χ4n) is 3.76. The molecule has 0 saturated carbocycles. The first kappa shape index (κ1) is 22.1. The number of nitrogens with zero attached hydrogens (tertiary/aromatic N) is 2. The summed E-state index contributed by atoms with van der Waals surface area (Å²) in [6.45, 7) is -0.104. The van der Waals surface area contributed by atoms with E-state index in [1.54, 1.807) is 24.3 Å². The Balaban J connectivity index is 1.69. The molecule has 3 amide bonds. The fraction of sp³-hybridized carbons (Fsp3) is 0.160. The predicted molar refractivity (Wildman–Crippen MR) is 117 cm³/mol. The van der Waals surface area contributed by atoms with Crippen LogP contribution in [0, 0.1) is 11.6 Å². The van der Waals surface area contributed by atoms with Crippen molar-refractivity contribution in [3.8, 4) is 5.75 Å². The van der Waals surface area contributed by atoms with Gasteiger partial charge in [0, 0.05) is 6.54 Å². The third-order valence-corrected chi connectivity index (χ3v) is 5.46. The van der Waals surface area contributed by atoms with Gasteiger partial charge in [0.1, 0.15) is 23.4 Å². The van der Waals surface area contributed by atoms with Crippen LogP contribution in [0.5, 0.6) is 5.75 Å². The van der Waals surface area contributed by atoms with Gasteiger partial charge in [-0.15, -0.1) is 0 Å². The van der Waals surface area contributed by atoms with Crippen molar-refractivity contribution in [2.45, 2.75) is 19.0 Å². The van der Waals surface area contributed by atoms with Crippen LogP contribution in [0.2, 0.25) is 0 Å². The van der Waals surface area contributed by atoms with Crippen LogP contribution in [-0.2, 0) is 16.1 Å². The van der Waals surface area contributed by atoms with E-state index >= 15 is 0 Å². The molecule has 0 aliphatic carbocycles. The summed E-state index contributed by atoms with van der Waals surface area (Å²) in [5, 5.41) is 0. The molecule has 1 saturated heterocycles. The molecule has 3 aromatic rings. The maximum absolute atomic E-state index is 14.4. The number of hydrogen-bond acceptors (Lipinski definition) is 4. The molecule has 1 heterocycles. The Hall–Kier alpha value is -4.07. The normalized spacial score (nSPS) is 15.6. The van der Waals surface area contributed by atoms with Crippen molar-refractivity contribution in [2.75, 3.05) is 12.0 Å². The van der Waals surface area contributed by atoms with Crippen molar-refractivity contribution in [3.63, 3.8) is 0 Å². The summed E-state index contributed by atoms with van der Waals surface area (Å²) >= 11 is 0. The monoisotopic (exact) mass is 450 g/mol. The van der Waals surface area contributed by atoms with Crippen molar-refractivity contribution in [1.29, 1.82) is 0 Å². The summed E-state index contributed by atoms with van der Waals surface area (Å²) in [6.07, 6.45) is -0.258. The second-order valence-corrected chi connectivity index (χ2v) is 7.52. The molecule has 0 radical (unpaired) electrons. The lowest BCUT2D eigenvalue weighted by Gasteiger charge is -2.28.